The second-order valence-corrected chi connectivity index (χ2v) is 8.01. The Bertz CT molecular complexity index is 379. The second-order valence-electron chi connectivity index (χ2n) is 8.01. The SMILES string of the molecule is CCCCCCCC/C=C\CCCCCCCC(=O)O.OCCOCCOCCOCCO. The summed E-state index contributed by atoms with van der Waals surface area (Å²) in [5, 5.41) is 25.2. The molecule has 0 saturated heterocycles. The molecule has 198 valence electrons. The molecule has 7 nitrogen and oxygen atoms in total. The summed E-state index contributed by atoms with van der Waals surface area (Å²) in [7, 11) is 0. The molecule has 0 spiro atoms. The molecule has 7 heteroatoms. The first-order chi connectivity index (χ1) is 16.2. The van der Waals surface area contributed by atoms with E-state index < -0.39 is 5.97 Å². The minimum atomic E-state index is -0.664. The zero-order chi connectivity index (χ0) is 24.7. The van der Waals surface area contributed by atoms with E-state index in [0.717, 1.165) is 12.8 Å². The third-order valence-corrected chi connectivity index (χ3v) is 4.87. The maximum Gasteiger partial charge on any atom is 0.303 e. The molecule has 0 atom stereocenters. The molecule has 33 heavy (non-hydrogen) atoms. The lowest BCUT2D eigenvalue weighted by Crippen LogP contribution is -2.11. The number of carboxylic acids is 1. The molecular formula is C26H52O7. The number of rotatable bonds is 25. The van der Waals surface area contributed by atoms with E-state index >= 15 is 0 Å². The van der Waals surface area contributed by atoms with Crippen LogP contribution in [-0.4, -0.2) is 74.1 Å². The van der Waals surface area contributed by atoms with Gasteiger partial charge in [-0.15, -0.1) is 0 Å². The van der Waals surface area contributed by atoms with Crippen LogP contribution in [0.3, 0.4) is 0 Å². The van der Waals surface area contributed by atoms with E-state index in [2.05, 4.69) is 19.1 Å². The van der Waals surface area contributed by atoms with E-state index in [1.165, 1.54) is 70.6 Å². The molecule has 0 radical (unpaired) electrons. The maximum absolute atomic E-state index is 10.3. The average molecular weight is 477 g/mol. The van der Waals surface area contributed by atoms with E-state index in [1.54, 1.807) is 0 Å². The van der Waals surface area contributed by atoms with Gasteiger partial charge in [-0.05, 0) is 32.1 Å². The standard InChI is InChI=1S/C18H34O2.C8H18O5/c1-2-3-4-5-6-7-8-9-10-11-12-13-14-15-16-17-18(19)20;9-1-3-11-5-7-13-8-6-12-4-2-10/h9-10H,2-8,11-17H2,1H3,(H,19,20);9-10H,1-8H2/b10-9-;. The summed E-state index contributed by atoms with van der Waals surface area (Å²) in [4.78, 5) is 10.3. The summed E-state index contributed by atoms with van der Waals surface area (Å²) in [6.07, 6.45) is 21.2. The van der Waals surface area contributed by atoms with Crippen LogP contribution in [0.4, 0.5) is 0 Å². The van der Waals surface area contributed by atoms with Crippen LogP contribution in [0.2, 0.25) is 0 Å². The Hall–Kier alpha value is -0.990. The van der Waals surface area contributed by atoms with Gasteiger partial charge in [0.2, 0.25) is 0 Å². The number of hydrogen-bond donors (Lipinski definition) is 3. The normalized spacial score (nSPS) is 11.0. The van der Waals surface area contributed by atoms with Crippen LogP contribution in [0.1, 0.15) is 96.8 Å². The van der Waals surface area contributed by atoms with Crippen molar-refractivity contribution in [2.24, 2.45) is 0 Å². The van der Waals surface area contributed by atoms with Crippen molar-refractivity contribution in [1.29, 1.82) is 0 Å². The summed E-state index contributed by atoms with van der Waals surface area (Å²) >= 11 is 0. The van der Waals surface area contributed by atoms with Crippen molar-refractivity contribution in [3.8, 4) is 0 Å². The maximum atomic E-state index is 10.3. The highest BCUT2D eigenvalue weighted by Gasteiger charge is 1.96. The third-order valence-electron chi connectivity index (χ3n) is 4.87. The Morgan fingerprint density at radius 3 is 1.42 bits per heavy atom. The molecule has 0 bridgehead atoms. The first-order valence-electron chi connectivity index (χ1n) is 13.0. The van der Waals surface area contributed by atoms with Gasteiger partial charge in [-0.3, -0.25) is 4.79 Å². The molecule has 0 heterocycles. The molecule has 0 aliphatic carbocycles. The van der Waals surface area contributed by atoms with Crippen molar-refractivity contribution < 1.29 is 34.3 Å². The number of unbranched alkanes of at least 4 members (excludes halogenated alkanes) is 11. The summed E-state index contributed by atoms with van der Waals surface area (Å²) < 4.78 is 15.0. The molecule has 0 aliphatic rings. The van der Waals surface area contributed by atoms with Crippen LogP contribution in [0, 0.1) is 0 Å². The van der Waals surface area contributed by atoms with Crippen LogP contribution in [0.25, 0.3) is 0 Å². The molecule has 0 aliphatic heterocycles. The van der Waals surface area contributed by atoms with Crippen molar-refractivity contribution in [2.45, 2.75) is 96.8 Å². The fourth-order valence-corrected chi connectivity index (χ4v) is 3.02. The second kappa shape index (κ2) is 33.2. The molecule has 0 aromatic heterocycles. The Morgan fingerprint density at radius 2 is 1.00 bits per heavy atom. The fraction of sp³-hybridized carbons (Fsp3) is 0.885. The molecule has 0 aromatic rings. The molecule has 0 fully saturated rings. The van der Waals surface area contributed by atoms with Crippen LogP contribution in [0.5, 0.6) is 0 Å². The van der Waals surface area contributed by atoms with Crippen molar-refractivity contribution >= 4 is 5.97 Å². The lowest BCUT2D eigenvalue weighted by atomic mass is 10.1. The van der Waals surface area contributed by atoms with E-state index in [1.807, 2.05) is 0 Å². The molecule has 3 N–H and O–H groups in total. The zero-order valence-electron chi connectivity index (χ0n) is 21.2. The monoisotopic (exact) mass is 476 g/mol. The van der Waals surface area contributed by atoms with Gasteiger partial charge in [-0.25, -0.2) is 0 Å². The highest BCUT2D eigenvalue weighted by Crippen LogP contribution is 2.09. The minimum Gasteiger partial charge on any atom is -0.481 e. The summed E-state index contributed by atoms with van der Waals surface area (Å²) in [5.74, 6) is -0.664. The predicted molar refractivity (Wildman–Crippen MR) is 134 cm³/mol. The van der Waals surface area contributed by atoms with Crippen LogP contribution in [0.15, 0.2) is 12.2 Å². The van der Waals surface area contributed by atoms with Gasteiger partial charge < -0.3 is 29.5 Å². The molecule has 0 amide bonds. The number of aliphatic hydroxyl groups excluding tert-OH is 2. The third kappa shape index (κ3) is 38.6. The van der Waals surface area contributed by atoms with Gasteiger partial charge >= 0.3 is 5.97 Å². The predicted octanol–water partition coefficient (Wildman–Crippen LogP) is 5.13. The van der Waals surface area contributed by atoms with Gasteiger partial charge in [-0.2, -0.15) is 0 Å². The summed E-state index contributed by atoms with van der Waals surface area (Å²) in [6, 6.07) is 0. The van der Waals surface area contributed by atoms with E-state index in [4.69, 9.17) is 29.5 Å². The Morgan fingerprint density at radius 1 is 0.606 bits per heavy atom. The van der Waals surface area contributed by atoms with Crippen LogP contribution < -0.4 is 0 Å². The lowest BCUT2D eigenvalue weighted by molar-refractivity contribution is -0.137. The molecule has 0 rings (SSSR count). The average Bonchev–Trinajstić information content (AvgIpc) is 2.81. The molecular weight excluding hydrogens is 424 g/mol. The minimum absolute atomic E-state index is 0.0413. The molecule has 0 aromatic carbocycles. The van der Waals surface area contributed by atoms with Crippen molar-refractivity contribution in [3.63, 3.8) is 0 Å². The van der Waals surface area contributed by atoms with Crippen LogP contribution >= 0.6 is 0 Å². The van der Waals surface area contributed by atoms with Crippen molar-refractivity contribution in [2.75, 3.05) is 52.9 Å². The highest BCUT2D eigenvalue weighted by atomic mass is 16.5. The summed E-state index contributed by atoms with van der Waals surface area (Å²) in [5.41, 5.74) is 0. The van der Waals surface area contributed by atoms with Gasteiger partial charge in [0, 0.05) is 6.42 Å². The first-order valence-corrected chi connectivity index (χ1v) is 13.0. The van der Waals surface area contributed by atoms with Crippen molar-refractivity contribution in [3.05, 3.63) is 12.2 Å². The largest absolute Gasteiger partial charge is 0.481 e. The van der Waals surface area contributed by atoms with Gasteiger partial charge in [0.05, 0.1) is 52.9 Å². The molecule has 0 unspecified atom stereocenters. The number of allylic oxidation sites excluding steroid dienone is 2. The van der Waals surface area contributed by atoms with E-state index in [9.17, 15) is 4.79 Å². The van der Waals surface area contributed by atoms with Gasteiger partial charge in [-0.1, -0.05) is 70.4 Å². The Kier molecular flexibility index (Phi) is 34.4. The van der Waals surface area contributed by atoms with Gasteiger partial charge in [0.15, 0.2) is 0 Å². The number of aliphatic hydroxyl groups is 2. The van der Waals surface area contributed by atoms with E-state index in [-0.39, 0.29) is 13.2 Å². The highest BCUT2D eigenvalue weighted by molar-refractivity contribution is 5.66. The first kappa shape index (κ1) is 34.2. The lowest BCUT2D eigenvalue weighted by Gasteiger charge is -2.04. The summed E-state index contributed by atoms with van der Waals surface area (Å²) in [6.45, 7) is 5.02. The Labute approximate surface area is 202 Å². The molecule has 0 saturated carbocycles. The van der Waals surface area contributed by atoms with E-state index in [0.29, 0.717) is 46.1 Å². The topological polar surface area (TPSA) is 105 Å². The number of carboxylic acid groups (broad SMARTS) is 1. The smallest absolute Gasteiger partial charge is 0.303 e. The fourth-order valence-electron chi connectivity index (χ4n) is 3.02. The number of ether oxygens (including phenoxy) is 3. The quantitative estimate of drug-likeness (QED) is 0.124. The number of carbonyl (C=O) groups is 1. The zero-order valence-corrected chi connectivity index (χ0v) is 21.2. The van der Waals surface area contributed by atoms with Gasteiger partial charge in [0.25, 0.3) is 0 Å². The van der Waals surface area contributed by atoms with Crippen LogP contribution in [-0.2, 0) is 19.0 Å². The Balaban J connectivity index is 0. The van der Waals surface area contributed by atoms with Gasteiger partial charge in [0.1, 0.15) is 0 Å². The van der Waals surface area contributed by atoms with Crippen molar-refractivity contribution in [1.82, 2.24) is 0 Å². The number of aliphatic carboxylic acids is 1. The number of hydrogen-bond acceptors (Lipinski definition) is 6.